The number of amides is 1. The number of carbonyl (C=O) groups excluding carboxylic acids is 1. The summed E-state index contributed by atoms with van der Waals surface area (Å²) in [6.45, 7) is 7.50. The van der Waals surface area contributed by atoms with E-state index >= 15 is 0 Å². The second-order valence-corrected chi connectivity index (χ2v) is 7.36. The van der Waals surface area contributed by atoms with Crippen LogP contribution in [0.25, 0.3) is 5.57 Å². The zero-order chi connectivity index (χ0) is 18.3. The third-order valence-electron chi connectivity index (χ3n) is 5.32. The third kappa shape index (κ3) is 3.07. The SMILES string of the molecule is Cc1cccc(C2=CCN(C(=O)c3n[nH]c4c3C[C@@H](C)O[C@H]4C)CC2)c1. The smallest absolute Gasteiger partial charge is 0.274 e. The van der Waals surface area contributed by atoms with Crippen molar-refractivity contribution in [3.8, 4) is 0 Å². The fourth-order valence-corrected chi connectivity index (χ4v) is 3.96. The van der Waals surface area contributed by atoms with Gasteiger partial charge in [0.15, 0.2) is 5.69 Å². The number of aromatic nitrogens is 2. The van der Waals surface area contributed by atoms with E-state index in [1.807, 2.05) is 18.7 Å². The molecule has 26 heavy (non-hydrogen) atoms. The molecular weight excluding hydrogens is 326 g/mol. The van der Waals surface area contributed by atoms with E-state index in [0.29, 0.717) is 12.2 Å². The molecule has 0 saturated carbocycles. The van der Waals surface area contributed by atoms with E-state index in [1.54, 1.807) is 0 Å². The molecule has 0 radical (unpaired) electrons. The molecule has 1 amide bonds. The molecule has 3 heterocycles. The molecule has 2 aromatic rings. The predicted octanol–water partition coefficient (Wildman–Crippen LogP) is 3.67. The minimum Gasteiger partial charge on any atom is -0.369 e. The Labute approximate surface area is 154 Å². The number of carbonyl (C=O) groups is 1. The van der Waals surface area contributed by atoms with Crippen molar-refractivity contribution < 1.29 is 9.53 Å². The van der Waals surface area contributed by atoms with E-state index < -0.39 is 0 Å². The highest BCUT2D eigenvalue weighted by atomic mass is 16.5. The number of H-pyrrole nitrogens is 1. The average Bonchev–Trinajstić information content (AvgIpc) is 3.05. The molecule has 0 fully saturated rings. The van der Waals surface area contributed by atoms with Crippen molar-refractivity contribution in [1.29, 1.82) is 0 Å². The lowest BCUT2D eigenvalue weighted by atomic mass is 9.97. The van der Waals surface area contributed by atoms with Gasteiger partial charge in [-0.05, 0) is 38.3 Å². The van der Waals surface area contributed by atoms with Crippen LogP contribution in [0.2, 0.25) is 0 Å². The van der Waals surface area contributed by atoms with Crippen LogP contribution in [0.3, 0.4) is 0 Å². The summed E-state index contributed by atoms with van der Waals surface area (Å²) in [5.41, 5.74) is 6.37. The topological polar surface area (TPSA) is 58.2 Å². The Morgan fingerprint density at radius 2 is 2.19 bits per heavy atom. The summed E-state index contributed by atoms with van der Waals surface area (Å²) in [4.78, 5) is 14.9. The van der Waals surface area contributed by atoms with E-state index in [9.17, 15) is 4.79 Å². The first kappa shape index (κ1) is 17.0. The number of hydrogen-bond donors (Lipinski definition) is 1. The van der Waals surface area contributed by atoms with E-state index in [-0.39, 0.29) is 18.1 Å². The van der Waals surface area contributed by atoms with Crippen molar-refractivity contribution in [3.05, 3.63) is 58.4 Å². The minimum absolute atomic E-state index is 0.0170. The number of aromatic amines is 1. The Morgan fingerprint density at radius 1 is 1.35 bits per heavy atom. The van der Waals surface area contributed by atoms with Crippen molar-refractivity contribution >= 4 is 11.5 Å². The van der Waals surface area contributed by atoms with Gasteiger partial charge in [0.05, 0.1) is 17.9 Å². The van der Waals surface area contributed by atoms with Gasteiger partial charge in [0, 0.05) is 25.1 Å². The third-order valence-corrected chi connectivity index (χ3v) is 5.32. The molecule has 1 aromatic carbocycles. The molecule has 5 heteroatoms. The lowest BCUT2D eigenvalue weighted by Crippen LogP contribution is -2.36. The van der Waals surface area contributed by atoms with Crippen LogP contribution in [-0.2, 0) is 11.2 Å². The number of hydrogen-bond acceptors (Lipinski definition) is 3. The lowest BCUT2D eigenvalue weighted by molar-refractivity contribution is -0.00701. The van der Waals surface area contributed by atoms with Crippen molar-refractivity contribution in [2.75, 3.05) is 13.1 Å². The zero-order valence-corrected chi connectivity index (χ0v) is 15.6. The lowest BCUT2D eigenvalue weighted by Gasteiger charge is -2.28. The Morgan fingerprint density at radius 3 is 2.92 bits per heavy atom. The van der Waals surface area contributed by atoms with Gasteiger partial charge in [-0.3, -0.25) is 9.89 Å². The summed E-state index contributed by atoms with van der Waals surface area (Å²) < 4.78 is 5.82. The van der Waals surface area contributed by atoms with E-state index in [0.717, 1.165) is 30.6 Å². The van der Waals surface area contributed by atoms with Crippen LogP contribution >= 0.6 is 0 Å². The van der Waals surface area contributed by atoms with Crippen LogP contribution in [0.4, 0.5) is 0 Å². The molecule has 2 aliphatic rings. The fraction of sp³-hybridized carbons (Fsp3) is 0.429. The average molecular weight is 351 g/mol. The van der Waals surface area contributed by atoms with Crippen molar-refractivity contribution in [3.63, 3.8) is 0 Å². The molecule has 1 aromatic heterocycles. The molecule has 4 rings (SSSR count). The summed E-state index contributed by atoms with van der Waals surface area (Å²) in [6, 6.07) is 8.54. The minimum atomic E-state index is -0.0445. The highest BCUT2D eigenvalue weighted by Gasteiger charge is 2.31. The van der Waals surface area contributed by atoms with Crippen molar-refractivity contribution in [2.45, 2.75) is 45.8 Å². The number of nitrogens with one attached hydrogen (secondary N) is 1. The highest BCUT2D eigenvalue weighted by molar-refractivity contribution is 5.94. The van der Waals surface area contributed by atoms with Crippen molar-refractivity contribution in [2.24, 2.45) is 0 Å². The molecule has 0 saturated heterocycles. The largest absolute Gasteiger partial charge is 0.369 e. The maximum Gasteiger partial charge on any atom is 0.274 e. The van der Waals surface area contributed by atoms with Gasteiger partial charge in [-0.1, -0.05) is 35.9 Å². The second-order valence-electron chi connectivity index (χ2n) is 7.36. The summed E-state index contributed by atoms with van der Waals surface area (Å²) in [5, 5.41) is 7.35. The van der Waals surface area contributed by atoms with Crippen molar-refractivity contribution in [1.82, 2.24) is 15.1 Å². The standard InChI is InChI=1S/C21H25N3O2/c1-13-5-4-6-17(11-13)16-7-9-24(10-8-16)21(25)20-18-12-14(2)26-15(3)19(18)22-23-20/h4-7,11,14-15H,8-10,12H2,1-3H3,(H,22,23)/t14-,15+/m1/s1. The first-order chi connectivity index (χ1) is 12.5. The Hall–Kier alpha value is -2.40. The van der Waals surface area contributed by atoms with Crippen LogP contribution in [0.5, 0.6) is 0 Å². The monoisotopic (exact) mass is 351 g/mol. The summed E-state index contributed by atoms with van der Waals surface area (Å²) >= 11 is 0. The molecule has 2 aliphatic heterocycles. The van der Waals surface area contributed by atoms with Gasteiger partial charge >= 0.3 is 0 Å². The van der Waals surface area contributed by atoms with Gasteiger partial charge < -0.3 is 9.64 Å². The van der Waals surface area contributed by atoms with Crippen LogP contribution < -0.4 is 0 Å². The molecular formula is C21H25N3O2. The number of fused-ring (bicyclic) bond motifs is 1. The number of rotatable bonds is 2. The van der Waals surface area contributed by atoms with Gasteiger partial charge in [0.25, 0.3) is 5.91 Å². The van der Waals surface area contributed by atoms with E-state index in [4.69, 9.17) is 4.74 Å². The Kier molecular flexibility index (Phi) is 4.41. The normalized spacial score (nSPS) is 22.7. The second kappa shape index (κ2) is 6.72. The first-order valence-electron chi connectivity index (χ1n) is 9.31. The zero-order valence-electron chi connectivity index (χ0n) is 15.6. The molecule has 0 bridgehead atoms. The number of benzene rings is 1. The molecule has 136 valence electrons. The number of nitrogens with zero attached hydrogens (tertiary/aromatic N) is 2. The van der Waals surface area contributed by atoms with E-state index in [2.05, 4.69) is 47.5 Å². The van der Waals surface area contributed by atoms with E-state index in [1.165, 1.54) is 16.7 Å². The Balaban J connectivity index is 1.53. The van der Waals surface area contributed by atoms with Gasteiger partial charge in [-0.25, -0.2) is 0 Å². The maximum atomic E-state index is 13.0. The number of ether oxygens (including phenoxy) is 1. The molecule has 5 nitrogen and oxygen atoms in total. The van der Waals surface area contributed by atoms with Crippen LogP contribution in [0, 0.1) is 6.92 Å². The highest BCUT2D eigenvalue weighted by Crippen LogP contribution is 2.31. The molecule has 2 atom stereocenters. The van der Waals surface area contributed by atoms with Gasteiger partial charge in [0.1, 0.15) is 0 Å². The van der Waals surface area contributed by atoms with Crippen LogP contribution in [-0.4, -0.2) is 40.2 Å². The molecule has 0 unspecified atom stereocenters. The van der Waals surface area contributed by atoms with Gasteiger partial charge in [-0.2, -0.15) is 5.10 Å². The maximum absolute atomic E-state index is 13.0. The summed E-state index contributed by atoms with van der Waals surface area (Å²) in [5.74, 6) is 0.0170. The Bertz CT molecular complexity index is 868. The molecule has 0 aliphatic carbocycles. The first-order valence-corrected chi connectivity index (χ1v) is 9.31. The number of aryl methyl sites for hydroxylation is 1. The van der Waals surface area contributed by atoms with Crippen LogP contribution in [0.1, 0.15) is 59.2 Å². The molecule has 1 N–H and O–H groups in total. The molecule has 0 spiro atoms. The quantitative estimate of drug-likeness (QED) is 0.898. The van der Waals surface area contributed by atoms with Gasteiger partial charge in [0.2, 0.25) is 0 Å². The fourth-order valence-electron chi connectivity index (χ4n) is 3.96. The van der Waals surface area contributed by atoms with Gasteiger partial charge in [-0.15, -0.1) is 0 Å². The predicted molar refractivity (Wildman–Crippen MR) is 101 cm³/mol. The summed E-state index contributed by atoms with van der Waals surface area (Å²) in [7, 11) is 0. The van der Waals surface area contributed by atoms with Crippen LogP contribution in [0.15, 0.2) is 30.3 Å². The summed E-state index contributed by atoms with van der Waals surface area (Å²) in [6.07, 6.45) is 3.84.